The van der Waals surface area contributed by atoms with Gasteiger partial charge in [0.1, 0.15) is 11.8 Å². The highest BCUT2D eigenvalue weighted by atomic mass is 16.5. The second-order valence-corrected chi connectivity index (χ2v) is 8.18. The molecule has 0 aromatic heterocycles. The Morgan fingerprint density at radius 3 is 2.14 bits per heavy atom. The summed E-state index contributed by atoms with van der Waals surface area (Å²) in [5.74, 6) is -0.165. The Kier molecular flexibility index (Phi) is 15.6. The van der Waals surface area contributed by atoms with Crippen molar-refractivity contribution in [2.24, 2.45) is 5.41 Å². The lowest BCUT2D eigenvalue weighted by atomic mass is 9.81. The number of rotatable bonds is 18. The number of unbranched alkanes of at least 4 members (excludes halogenated alkanes) is 4. The summed E-state index contributed by atoms with van der Waals surface area (Å²) in [7, 11) is 0. The quantitative estimate of drug-likeness (QED) is 0.261. The Balaban J connectivity index is 4.28. The van der Waals surface area contributed by atoms with Crippen LogP contribution in [0.3, 0.4) is 0 Å². The normalized spacial score (nSPS) is 12.4. The van der Waals surface area contributed by atoms with Gasteiger partial charge >= 0.3 is 11.9 Å². The minimum absolute atomic E-state index is 0.148. The van der Waals surface area contributed by atoms with Crippen molar-refractivity contribution in [3.05, 3.63) is 0 Å². The molecule has 1 N–H and O–H groups in total. The number of Topliss-reactive ketones (excluding diaryl/α,β-unsaturated/α-hetero) is 1. The number of hydrogen-bond acceptors (Lipinski definition) is 6. The molecular formula is C23H43NO5. The minimum atomic E-state index is -0.383. The molecule has 6 nitrogen and oxygen atoms in total. The molecule has 1 unspecified atom stereocenters. The summed E-state index contributed by atoms with van der Waals surface area (Å²) in [5.41, 5.74) is -0.309. The molecule has 0 aromatic carbocycles. The van der Waals surface area contributed by atoms with E-state index in [4.69, 9.17) is 9.47 Å². The maximum absolute atomic E-state index is 12.5. The molecule has 0 amide bonds. The Morgan fingerprint density at radius 1 is 0.862 bits per heavy atom. The van der Waals surface area contributed by atoms with Gasteiger partial charge in [0.05, 0.1) is 13.2 Å². The highest BCUT2D eigenvalue weighted by molar-refractivity contribution is 5.84. The van der Waals surface area contributed by atoms with Crippen molar-refractivity contribution >= 4 is 17.7 Å². The van der Waals surface area contributed by atoms with Gasteiger partial charge in [0.15, 0.2) is 0 Å². The van der Waals surface area contributed by atoms with E-state index in [2.05, 4.69) is 12.2 Å². The Labute approximate surface area is 177 Å². The van der Waals surface area contributed by atoms with Crippen molar-refractivity contribution in [1.82, 2.24) is 5.32 Å². The van der Waals surface area contributed by atoms with Crippen molar-refractivity contribution in [1.29, 1.82) is 0 Å². The maximum Gasteiger partial charge on any atom is 0.323 e. The first-order valence-corrected chi connectivity index (χ1v) is 11.4. The zero-order chi connectivity index (χ0) is 22.1. The third-order valence-corrected chi connectivity index (χ3v) is 5.15. The lowest BCUT2D eigenvalue weighted by Crippen LogP contribution is -2.40. The number of carbonyl (C=O) groups excluding carboxylic acids is 3. The molecule has 0 fully saturated rings. The first-order valence-electron chi connectivity index (χ1n) is 11.4. The van der Waals surface area contributed by atoms with Crippen LogP contribution in [0.15, 0.2) is 0 Å². The highest BCUT2D eigenvalue weighted by Crippen LogP contribution is 2.25. The number of carbonyl (C=O) groups is 3. The second kappa shape index (κ2) is 16.4. The van der Waals surface area contributed by atoms with E-state index in [1.807, 2.05) is 13.8 Å². The number of ketones is 1. The molecule has 0 spiro atoms. The average Bonchev–Trinajstić information content (AvgIpc) is 2.67. The van der Waals surface area contributed by atoms with Crippen LogP contribution in [0.25, 0.3) is 0 Å². The maximum atomic E-state index is 12.5. The van der Waals surface area contributed by atoms with E-state index in [0.717, 1.165) is 44.9 Å². The predicted octanol–water partition coefficient (Wildman–Crippen LogP) is 4.59. The SMILES string of the molecule is CCCCC(C)(C)C(=O)CCNC(CCCCCCC(=O)OCC)C(=O)OCC. The summed E-state index contributed by atoms with van der Waals surface area (Å²) < 4.78 is 10.1. The third-order valence-electron chi connectivity index (χ3n) is 5.15. The molecule has 0 aliphatic carbocycles. The fourth-order valence-electron chi connectivity index (χ4n) is 3.21. The number of esters is 2. The summed E-state index contributed by atoms with van der Waals surface area (Å²) in [6.07, 6.45) is 8.12. The average molecular weight is 414 g/mol. The van der Waals surface area contributed by atoms with Crippen LogP contribution in [0.2, 0.25) is 0 Å². The van der Waals surface area contributed by atoms with Gasteiger partial charge in [-0.3, -0.25) is 14.4 Å². The van der Waals surface area contributed by atoms with Gasteiger partial charge < -0.3 is 14.8 Å². The standard InChI is InChI=1S/C23H43NO5/c1-6-9-17-23(4,5)20(25)16-18-24-19(22(27)29-8-3)14-12-10-11-13-15-21(26)28-7-2/h19,24H,6-18H2,1-5H3. The molecular weight excluding hydrogens is 370 g/mol. The Bertz CT molecular complexity index is 476. The van der Waals surface area contributed by atoms with Crippen molar-refractivity contribution in [3.63, 3.8) is 0 Å². The van der Waals surface area contributed by atoms with E-state index >= 15 is 0 Å². The summed E-state index contributed by atoms with van der Waals surface area (Å²) in [6.45, 7) is 11.0. The molecule has 0 rings (SSSR count). The van der Waals surface area contributed by atoms with E-state index in [1.165, 1.54) is 0 Å². The van der Waals surface area contributed by atoms with Crippen LogP contribution in [0.4, 0.5) is 0 Å². The lowest BCUT2D eigenvalue weighted by molar-refractivity contribution is -0.146. The van der Waals surface area contributed by atoms with Gasteiger partial charge in [0.2, 0.25) is 0 Å². The van der Waals surface area contributed by atoms with Crippen LogP contribution < -0.4 is 5.32 Å². The first kappa shape index (κ1) is 27.6. The zero-order valence-corrected chi connectivity index (χ0v) is 19.3. The van der Waals surface area contributed by atoms with Crippen molar-refractivity contribution in [3.8, 4) is 0 Å². The molecule has 0 heterocycles. The van der Waals surface area contributed by atoms with Crippen LogP contribution in [0, 0.1) is 5.41 Å². The predicted molar refractivity (Wildman–Crippen MR) is 116 cm³/mol. The van der Waals surface area contributed by atoms with Gasteiger partial charge in [-0.25, -0.2) is 0 Å². The van der Waals surface area contributed by atoms with Gasteiger partial charge in [-0.15, -0.1) is 0 Å². The molecule has 29 heavy (non-hydrogen) atoms. The van der Waals surface area contributed by atoms with Gasteiger partial charge in [0, 0.05) is 24.8 Å². The van der Waals surface area contributed by atoms with Gasteiger partial charge in [-0.2, -0.15) is 0 Å². The molecule has 0 saturated heterocycles. The largest absolute Gasteiger partial charge is 0.466 e. The monoisotopic (exact) mass is 413 g/mol. The number of nitrogens with one attached hydrogen (secondary N) is 1. The van der Waals surface area contributed by atoms with E-state index in [0.29, 0.717) is 39.0 Å². The smallest absolute Gasteiger partial charge is 0.323 e. The van der Waals surface area contributed by atoms with E-state index in [-0.39, 0.29) is 29.2 Å². The second-order valence-electron chi connectivity index (χ2n) is 8.18. The fourth-order valence-corrected chi connectivity index (χ4v) is 3.21. The van der Waals surface area contributed by atoms with Gasteiger partial charge in [-0.05, 0) is 33.1 Å². The van der Waals surface area contributed by atoms with Crippen LogP contribution in [-0.4, -0.2) is 43.5 Å². The molecule has 0 radical (unpaired) electrons. The summed E-state index contributed by atoms with van der Waals surface area (Å²) in [6, 6.07) is -0.383. The van der Waals surface area contributed by atoms with Crippen LogP contribution in [0.5, 0.6) is 0 Å². The van der Waals surface area contributed by atoms with Gasteiger partial charge in [-0.1, -0.05) is 52.9 Å². The Hall–Kier alpha value is -1.43. The van der Waals surface area contributed by atoms with Crippen LogP contribution in [0.1, 0.15) is 98.8 Å². The fraction of sp³-hybridized carbons (Fsp3) is 0.870. The molecule has 0 saturated carbocycles. The topological polar surface area (TPSA) is 81.7 Å². The summed E-state index contributed by atoms with van der Waals surface area (Å²) >= 11 is 0. The van der Waals surface area contributed by atoms with Crippen LogP contribution >= 0.6 is 0 Å². The molecule has 6 heteroatoms. The molecule has 1 atom stereocenters. The number of hydrogen-bond donors (Lipinski definition) is 1. The van der Waals surface area contributed by atoms with E-state index < -0.39 is 0 Å². The molecule has 0 aromatic rings. The van der Waals surface area contributed by atoms with Crippen molar-refractivity contribution in [2.75, 3.05) is 19.8 Å². The van der Waals surface area contributed by atoms with Crippen molar-refractivity contribution < 1.29 is 23.9 Å². The summed E-state index contributed by atoms with van der Waals surface area (Å²) in [4.78, 5) is 36.0. The van der Waals surface area contributed by atoms with Gasteiger partial charge in [0.25, 0.3) is 0 Å². The molecule has 0 bridgehead atoms. The highest BCUT2D eigenvalue weighted by Gasteiger charge is 2.26. The van der Waals surface area contributed by atoms with E-state index in [9.17, 15) is 14.4 Å². The lowest BCUT2D eigenvalue weighted by Gasteiger charge is -2.23. The Morgan fingerprint density at radius 2 is 1.52 bits per heavy atom. The van der Waals surface area contributed by atoms with Crippen molar-refractivity contribution in [2.45, 2.75) is 105 Å². The van der Waals surface area contributed by atoms with Crippen LogP contribution in [-0.2, 0) is 23.9 Å². The van der Waals surface area contributed by atoms with E-state index in [1.54, 1.807) is 13.8 Å². The zero-order valence-electron chi connectivity index (χ0n) is 19.3. The number of ether oxygens (including phenoxy) is 2. The molecule has 0 aliphatic heterocycles. The summed E-state index contributed by atoms with van der Waals surface area (Å²) in [5, 5.41) is 3.22. The third kappa shape index (κ3) is 13.4. The molecule has 170 valence electrons. The molecule has 0 aliphatic rings. The minimum Gasteiger partial charge on any atom is -0.466 e. The first-order chi connectivity index (χ1) is 13.8.